The van der Waals surface area contributed by atoms with E-state index in [0.717, 1.165) is 19.6 Å². The minimum atomic E-state index is 0.461. The van der Waals surface area contributed by atoms with Crippen molar-refractivity contribution in [2.45, 2.75) is 18.9 Å². The molecule has 1 aliphatic heterocycles. The van der Waals surface area contributed by atoms with Crippen LogP contribution in [0.1, 0.15) is 12.8 Å². The Bertz CT molecular complexity index is 416. The van der Waals surface area contributed by atoms with Gasteiger partial charge in [-0.15, -0.1) is 0 Å². The first-order chi connectivity index (χ1) is 10.3. The molecule has 21 heavy (non-hydrogen) atoms. The van der Waals surface area contributed by atoms with Crippen molar-refractivity contribution in [3.63, 3.8) is 0 Å². The molecule has 2 rings (SSSR count). The second-order valence-electron chi connectivity index (χ2n) is 4.98. The van der Waals surface area contributed by atoms with E-state index in [4.69, 9.17) is 14.2 Å². The maximum Gasteiger partial charge on any atom is 0.232 e. The summed E-state index contributed by atoms with van der Waals surface area (Å²) < 4.78 is 15.6. The number of nitrogens with zero attached hydrogens (tertiary/aromatic N) is 3. The fourth-order valence-electron chi connectivity index (χ4n) is 2.40. The molecule has 0 saturated carbocycles. The molecule has 1 saturated heterocycles. The predicted molar refractivity (Wildman–Crippen MR) is 80.2 cm³/mol. The molecule has 1 aromatic rings. The lowest BCUT2D eigenvalue weighted by Gasteiger charge is -2.26. The SMILES string of the molecule is COCCN(CC1CCCN1)c1nc(OC)cc(OC)n1. The van der Waals surface area contributed by atoms with Crippen LogP contribution in [0.4, 0.5) is 5.95 Å². The maximum absolute atomic E-state index is 5.22. The van der Waals surface area contributed by atoms with Gasteiger partial charge in [0.2, 0.25) is 17.7 Å². The van der Waals surface area contributed by atoms with Crippen molar-refractivity contribution >= 4 is 5.95 Å². The highest BCUT2D eigenvalue weighted by atomic mass is 16.5. The van der Waals surface area contributed by atoms with Crippen molar-refractivity contribution < 1.29 is 14.2 Å². The lowest BCUT2D eigenvalue weighted by Crippen LogP contribution is -2.40. The summed E-state index contributed by atoms with van der Waals surface area (Å²) in [6.07, 6.45) is 2.38. The first kappa shape index (κ1) is 15.8. The van der Waals surface area contributed by atoms with Crippen molar-refractivity contribution in [1.82, 2.24) is 15.3 Å². The molecule has 1 aliphatic rings. The van der Waals surface area contributed by atoms with E-state index in [9.17, 15) is 0 Å². The number of aromatic nitrogens is 2. The summed E-state index contributed by atoms with van der Waals surface area (Å²) in [6, 6.07) is 2.13. The zero-order valence-corrected chi connectivity index (χ0v) is 13.0. The Hall–Kier alpha value is -1.60. The Labute approximate surface area is 125 Å². The highest BCUT2D eigenvalue weighted by Crippen LogP contribution is 2.21. The Morgan fingerprint density at radius 2 is 1.95 bits per heavy atom. The molecule has 2 heterocycles. The van der Waals surface area contributed by atoms with Crippen molar-refractivity contribution in [3.05, 3.63) is 6.07 Å². The van der Waals surface area contributed by atoms with Gasteiger partial charge in [0.15, 0.2) is 0 Å². The minimum absolute atomic E-state index is 0.461. The van der Waals surface area contributed by atoms with Gasteiger partial charge in [0, 0.05) is 26.2 Å². The second-order valence-corrected chi connectivity index (χ2v) is 4.98. The van der Waals surface area contributed by atoms with Crippen molar-refractivity contribution in [2.75, 3.05) is 52.5 Å². The van der Waals surface area contributed by atoms with Crippen LogP contribution in [0.25, 0.3) is 0 Å². The average Bonchev–Trinajstić information content (AvgIpc) is 3.03. The number of hydrogen-bond donors (Lipinski definition) is 1. The molecule has 7 heteroatoms. The molecule has 0 radical (unpaired) electrons. The molecule has 1 fully saturated rings. The maximum atomic E-state index is 5.22. The smallest absolute Gasteiger partial charge is 0.232 e. The van der Waals surface area contributed by atoms with E-state index in [1.165, 1.54) is 12.8 Å². The number of anilines is 1. The summed E-state index contributed by atoms with van der Waals surface area (Å²) in [5.41, 5.74) is 0. The topological polar surface area (TPSA) is 68.7 Å². The van der Waals surface area contributed by atoms with Gasteiger partial charge in [0.25, 0.3) is 0 Å². The van der Waals surface area contributed by atoms with Crippen LogP contribution in [-0.4, -0.2) is 63.6 Å². The Kier molecular flexibility index (Phi) is 6.01. The van der Waals surface area contributed by atoms with Crippen molar-refractivity contribution in [1.29, 1.82) is 0 Å². The molecule has 118 valence electrons. The quantitative estimate of drug-likeness (QED) is 0.757. The third kappa shape index (κ3) is 4.44. The summed E-state index contributed by atoms with van der Waals surface area (Å²) in [4.78, 5) is 11.0. The highest BCUT2D eigenvalue weighted by molar-refractivity contribution is 5.37. The van der Waals surface area contributed by atoms with Gasteiger partial charge in [-0.1, -0.05) is 0 Å². The van der Waals surface area contributed by atoms with Crippen LogP contribution < -0.4 is 19.7 Å². The Morgan fingerprint density at radius 3 is 2.48 bits per heavy atom. The van der Waals surface area contributed by atoms with Crippen LogP contribution in [0.3, 0.4) is 0 Å². The third-order valence-corrected chi connectivity index (χ3v) is 3.54. The van der Waals surface area contributed by atoms with Crippen LogP contribution >= 0.6 is 0 Å². The summed E-state index contributed by atoms with van der Waals surface area (Å²) in [6.45, 7) is 3.27. The lowest BCUT2D eigenvalue weighted by molar-refractivity contribution is 0.204. The van der Waals surface area contributed by atoms with E-state index >= 15 is 0 Å². The molecule has 1 unspecified atom stereocenters. The summed E-state index contributed by atoms with van der Waals surface area (Å²) in [5.74, 6) is 1.61. The minimum Gasteiger partial charge on any atom is -0.481 e. The van der Waals surface area contributed by atoms with E-state index < -0.39 is 0 Å². The predicted octanol–water partition coefficient (Wildman–Crippen LogP) is 0.699. The standard InChI is InChI=1S/C14H24N4O3/c1-19-8-7-18(10-11-5-4-6-15-11)14-16-12(20-2)9-13(17-14)21-3/h9,11,15H,4-8,10H2,1-3H3. The molecule has 7 nitrogen and oxygen atoms in total. The summed E-state index contributed by atoms with van der Waals surface area (Å²) >= 11 is 0. The average molecular weight is 296 g/mol. The lowest BCUT2D eigenvalue weighted by atomic mass is 10.2. The number of methoxy groups -OCH3 is 3. The van der Waals surface area contributed by atoms with Gasteiger partial charge >= 0.3 is 0 Å². The fraction of sp³-hybridized carbons (Fsp3) is 0.714. The number of rotatable bonds is 8. The largest absolute Gasteiger partial charge is 0.481 e. The molecule has 1 aromatic heterocycles. The third-order valence-electron chi connectivity index (χ3n) is 3.54. The van der Waals surface area contributed by atoms with Gasteiger partial charge in [0.1, 0.15) is 0 Å². The summed E-state index contributed by atoms with van der Waals surface area (Å²) in [5, 5.41) is 3.49. The number of hydrogen-bond acceptors (Lipinski definition) is 7. The van der Waals surface area contributed by atoms with Gasteiger partial charge in [-0.25, -0.2) is 0 Å². The number of ether oxygens (including phenoxy) is 3. The van der Waals surface area contributed by atoms with Crippen LogP contribution in [0.15, 0.2) is 6.07 Å². The van der Waals surface area contributed by atoms with Gasteiger partial charge in [-0.3, -0.25) is 0 Å². The monoisotopic (exact) mass is 296 g/mol. The van der Waals surface area contributed by atoms with E-state index in [-0.39, 0.29) is 0 Å². The molecule has 0 aliphatic carbocycles. The normalized spacial score (nSPS) is 17.8. The van der Waals surface area contributed by atoms with Gasteiger partial charge in [0.05, 0.1) is 26.9 Å². The van der Waals surface area contributed by atoms with Crippen LogP contribution in [0, 0.1) is 0 Å². The molecule has 1 atom stereocenters. The van der Waals surface area contributed by atoms with Gasteiger partial charge < -0.3 is 24.4 Å². The van der Waals surface area contributed by atoms with E-state index in [2.05, 4.69) is 20.2 Å². The van der Waals surface area contributed by atoms with Crippen molar-refractivity contribution in [3.8, 4) is 11.8 Å². The van der Waals surface area contributed by atoms with Crippen LogP contribution in [0.5, 0.6) is 11.8 Å². The van der Waals surface area contributed by atoms with E-state index in [0.29, 0.717) is 30.4 Å². The van der Waals surface area contributed by atoms with Gasteiger partial charge in [-0.05, 0) is 19.4 Å². The zero-order chi connectivity index (χ0) is 15.1. The van der Waals surface area contributed by atoms with E-state index in [1.807, 2.05) is 0 Å². The van der Waals surface area contributed by atoms with Crippen LogP contribution in [0.2, 0.25) is 0 Å². The Morgan fingerprint density at radius 1 is 1.24 bits per heavy atom. The molecular formula is C14H24N4O3. The van der Waals surface area contributed by atoms with Crippen molar-refractivity contribution in [2.24, 2.45) is 0 Å². The fourth-order valence-corrected chi connectivity index (χ4v) is 2.40. The summed E-state index contributed by atoms with van der Waals surface area (Å²) in [7, 11) is 4.87. The molecule has 0 aromatic carbocycles. The number of nitrogens with one attached hydrogen (secondary N) is 1. The molecule has 0 spiro atoms. The second kappa shape index (κ2) is 7.99. The first-order valence-electron chi connectivity index (χ1n) is 7.21. The van der Waals surface area contributed by atoms with Gasteiger partial charge in [-0.2, -0.15) is 9.97 Å². The first-order valence-corrected chi connectivity index (χ1v) is 7.21. The van der Waals surface area contributed by atoms with E-state index in [1.54, 1.807) is 27.4 Å². The highest BCUT2D eigenvalue weighted by Gasteiger charge is 2.20. The molecule has 1 N–H and O–H groups in total. The molecule has 0 amide bonds. The molecule has 0 bridgehead atoms. The zero-order valence-electron chi connectivity index (χ0n) is 13.0. The molecular weight excluding hydrogens is 272 g/mol. The van der Waals surface area contributed by atoms with Crippen LogP contribution in [-0.2, 0) is 4.74 Å². The Balaban J connectivity index is 2.17.